The van der Waals surface area contributed by atoms with Crippen molar-refractivity contribution in [1.29, 1.82) is 0 Å². The highest BCUT2D eigenvalue weighted by atomic mass is 35.5. The van der Waals surface area contributed by atoms with Gasteiger partial charge in [0, 0.05) is 24.0 Å². The van der Waals surface area contributed by atoms with Crippen molar-refractivity contribution in [2.45, 2.75) is 44.7 Å². The lowest BCUT2D eigenvalue weighted by Gasteiger charge is -2.32. The van der Waals surface area contributed by atoms with Crippen LogP contribution in [-0.4, -0.2) is 36.4 Å². The molecule has 3 rings (SSSR count). The Labute approximate surface area is 213 Å². The second-order valence-corrected chi connectivity index (χ2v) is 9.18. The van der Waals surface area contributed by atoms with Crippen molar-refractivity contribution in [3.63, 3.8) is 0 Å². The van der Waals surface area contributed by atoms with Crippen LogP contribution in [0.4, 0.5) is 0 Å². The molecule has 0 aliphatic heterocycles. The second-order valence-electron chi connectivity index (χ2n) is 8.74. The molecular formula is C29H33ClN2O3. The van der Waals surface area contributed by atoms with Crippen molar-refractivity contribution in [1.82, 2.24) is 10.2 Å². The Kier molecular flexibility index (Phi) is 9.32. The lowest BCUT2D eigenvalue weighted by molar-refractivity contribution is -0.141. The number of halogens is 1. The third kappa shape index (κ3) is 7.33. The first kappa shape index (κ1) is 26.3. The maximum absolute atomic E-state index is 13.6. The predicted molar refractivity (Wildman–Crippen MR) is 142 cm³/mol. The van der Waals surface area contributed by atoms with E-state index in [0.29, 0.717) is 30.0 Å². The van der Waals surface area contributed by atoms with Gasteiger partial charge >= 0.3 is 0 Å². The van der Waals surface area contributed by atoms with Crippen molar-refractivity contribution in [2.75, 3.05) is 13.7 Å². The Morgan fingerprint density at radius 1 is 1.20 bits per heavy atom. The van der Waals surface area contributed by atoms with Crippen LogP contribution in [0.5, 0.6) is 5.75 Å². The minimum Gasteiger partial charge on any atom is -0.497 e. The highest BCUT2D eigenvalue weighted by Gasteiger charge is 2.41. The van der Waals surface area contributed by atoms with Gasteiger partial charge in [-0.25, -0.2) is 0 Å². The van der Waals surface area contributed by atoms with Crippen LogP contribution in [0.15, 0.2) is 79.4 Å². The minimum absolute atomic E-state index is 0.0380. The van der Waals surface area contributed by atoms with Gasteiger partial charge < -0.3 is 15.0 Å². The molecule has 1 N–H and O–H groups in total. The average molecular weight is 493 g/mol. The van der Waals surface area contributed by atoms with Gasteiger partial charge in [-0.2, -0.15) is 0 Å². The van der Waals surface area contributed by atoms with Gasteiger partial charge in [-0.1, -0.05) is 61.2 Å². The van der Waals surface area contributed by atoms with Crippen LogP contribution in [-0.2, 0) is 16.0 Å². The Bertz CT molecular complexity index is 1080. The Hall–Kier alpha value is -3.31. The number of rotatable bonds is 12. The van der Waals surface area contributed by atoms with Gasteiger partial charge in [0.25, 0.3) is 0 Å². The van der Waals surface area contributed by atoms with E-state index in [0.717, 1.165) is 35.3 Å². The number of allylic oxidation sites excluding steroid dienone is 2. The van der Waals surface area contributed by atoms with Gasteiger partial charge in [-0.15, -0.1) is 0 Å². The SMILES string of the molecule is C=C/C=C(\C=C)CNC(=O)C(c1cc(C)cc(Cl)c1)N(C(=O)CCc1ccc(OC)cc1)C1CC1. The summed E-state index contributed by atoms with van der Waals surface area (Å²) in [5.41, 5.74) is 3.52. The van der Waals surface area contributed by atoms with E-state index in [2.05, 4.69) is 18.5 Å². The van der Waals surface area contributed by atoms with Gasteiger partial charge in [0.2, 0.25) is 11.8 Å². The maximum atomic E-state index is 13.6. The summed E-state index contributed by atoms with van der Waals surface area (Å²) in [6, 6.07) is 12.5. The highest BCUT2D eigenvalue weighted by Crippen LogP contribution is 2.36. The topological polar surface area (TPSA) is 58.6 Å². The molecule has 1 fully saturated rings. The largest absolute Gasteiger partial charge is 0.497 e. The quantitative estimate of drug-likeness (QED) is 0.384. The third-order valence-corrected chi connectivity index (χ3v) is 6.20. The zero-order chi connectivity index (χ0) is 25.4. The fraction of sp³-hybridized carbons (Fsp3) is 0.310. The first-order chi connectivity index (χ1) is 16.9. The lowest BCUT2D eigenvalue weighted by Crippen LogP contribution is -2.45. The van der Waals surface area contributed by atoms with E-state index in [9.17, 15) is 9.59 Å². The summed E-state index contributed by atoms with van der Waals surface area (Å²) in [7, 11) is 1.62. The van der Waals surface area contributed by atoms with Crippen molar-refractivity contribution in [2.24, 2.45) is 0 Å². The van der Waals surface area contributed by atoms with E-state index in [1.165, 1.54) is 0 Å². The van der Waals surface area contributed by atoms with Crippen LogP contribution in [0.2, 0.25) is 5.02 Å². The number of amides is 2. The lowest BCUT2D eigenvalue weighted by atomic mass is 10.00. The van der Waals surface area contributed by atoms with Crippen molar-refractivity contribution in [3.8, 4) is 5.75 Å². The Balaban J connectivity index is 1.86. The number of carbonyl (C=O) groups is 2. The molecule has 0 radical (unpaired) electrons. The number of hydrogen-bond acceptors (Lipinski definition) is 3. The molecule has 35 heavy (non-hydrogen) atoms. The van der Waals surface area contributed by atoms with Crippen molar-refractivity contribution < 1.29 is 14.3 Å². The van der Waals surface area contributed by atoms with Gasteiger partial charge in [0.1, 0.15) is 11.8 Å². The van der Waals surface area contributed by atoms with E-state index in [-0.39, 0.29) is 17.9 Å². The Morgan fingerprint density at radius 3 is 2.49 bits per heavy atom. The summed E-state index contributed by atoms with van der Waals surface area (Å²) in [6.07, 6.45) is 7.78. The van der Waals surface area contributed by atoms with E-state index in [4.69, 9.17) is 16.3 Å². The molecular weight excluding hydrogens is 460 g/mol. The van der Waals surface area contributed by atoms with Crippen LogP contribution in [0, 0.1) is 6.92 Å². The molecule has 184 valence electrons. The summed E-state index contributed by atoms with van der Waals surface area (Å²) in [6.45, 7) is 9.72. The molecule has 1 unspecified atom stereocenters. The number of benzene rings is 2. The van der Waals surface area contributed by atoms with Crippen molar-refractivity contribution in [3.05, 3.63) is 101 Å². The highest BCUT2D eigenvalue weighted by molar-refractivity contribution is 6.30. The molecule has 5 nitrogen and oxygen atoms in total. The molecule has 1 saturated carbocycles. The van der Waals surface area contributed by atoms with Crippen LogP contribution >= 0.6 is 11.6 Å². The summed E-state index contributed by atoms with van der Waals surface area (Å²) >= 11 is 6.36. The number of nitrogens with one attached hydrogen (secondary N) is 1. The maximum Gasteiger partial charge on any atom is 0.247 e. The number of aryl methyl sites for hydroxylation is 2. The molecule has 0 aromatic heterocycles. The predicted octanol–water partition coefficient (Wildman–Crippen LogP) is 5.74. The molecule has 2 aromatic rings. The monoisotopic (exact) mass is 492 g/mol. The van der Waals surface area contributed by atoms with Crippen LogP contribution in [0.3, 0.4) is 0 Å². The van der Waals surface area contributed by atoms with Gasteiger partial charge in [0.05, 0.1) is 7.11 Å². The normalized spacial score (nSPS) is 14.1. The van der Waals surface area contributed by atoms with Crippen LogP contribution in [0.1, 0.15) is 42.0 Å². The molecule has 2 amide bonds. The molecule has 1 aliphatic rings. The molecule has 0 spiro atoms. The molecule has 2 aromatic carbocycles. The van der Waals surface area contributed by atoms with E-state index < -0.39 is 6.04 Å². The van der Waals surface area contributed by atoms with Crippen LogP contribution < -0.4 is 10.1 Å². The summed E-state index contributed by atoms with van der Waals surface area (Å²) in [5.74, 6) is 0.483. The molecule has 1 aliphatic carbocycles. The van der Waals surface area contributed by atoms with Gasteiger partial charge in [0.15, 0.2) is 0 Å². The second kappa shape index (κ2) is 12.4. The molecule has 0 heterocycles. The molecule has 0 saturated heterocycles. The fourth-order valence-electron chi connectivity index (χ4n) is 4.08. The number of carbonyl (C=O) groups excluding carboxylic acids is 2. The van der Waals surface area contributed by atoms with E-state index in [1.807, 2.05) is 43.3 Å². The van der Waals surface area contributed by atoms with E-state index in [1.54, 1.807) is 36.3 Å². The Morgan fingerprint density at radius 2 is 1.91 bits per heavy atom. The van der Waals surface area contributed by atoms with Crippen LogP contribution in [0.25, 0.3) is 0 Å². The molecule has 1 atom stereocenters. The number of nitrogens with zero attached hydrogens (tertiary/aromatic N) is 1. The smallest absolute Gasteiger partial charge is 0.247 e. The zero-order valence-corrected chi connectivity index (χ0v) is 21.2. The van der Waals surface area contributed by atoms with Crippen molar-refractivity contribution >= 4 is 23.4 Å². The average Bonchev–Trinajstić information content (AvgIpc) is 3.68. The molecule has 0 bridgehead atoms. The summed E-state index contributed by atoms with van der Waals surface area (Å²) in [5, 5.41) is 3.52. The summed E-state index contributed by atoms with van der Waals surface area (Å²) < 4.78 is 5.22. The first-order valence-corrected chi connectivity index (χ1v) is 12.2. The number of hydrogen-bond donors (Lipinski definition) is 1. The van der Waals surface area contributed by atoms with E-state index >= 15 is 0 Å². The summed E-state index contributed by atoms with van der Waals surface area (Å²) in [4.78, 5) is 28.9. The van der Waals surface area contributed by atoms with Gasteiger partial charge in [-0.05, 0) is 72.7 Å². The standard InChI is InChI=1S/C29H33ClN2O3/c1-5-7-21(6-2)19-31-29(34)28(23-16-20(3)17-24(30)18-23)32(25-11-12-25)27(33)15-10-22-8-13-26(35-4)14-9-22/h5-9,13-14,16-18,25,28H,1-2,10-12,15,19H2,3-4H3,(H,31,34)/b21-7+. The first-order valence-electron chi connectivity index (χ1n) is 11.8. The van der Waals surface area contributed by atoms with Gasteiger partial charge in [-0.3, -0.25) is 9.59 Å². The number of ether oxygens (including phenoxy) is 1. The third-order valence-electron chi connectivity index (χ3n) is 5.98. The number of methoxy groups -OCH3 is 1. The fourth-order valence-corrected chi connectivity index (χ4v) is 4.38. The zero-order valence-electron chi connectivity index (χ0n) is 20.4. The molecule has 6 heteroatoms. The minimum atomic E-state index is -0.766.